The van der Waals surface area contributed by atoms with Gasteiger partial charge in [0, 0.05) is 7.11 Å². The first-order valence-corrected chi connectivity index (χ1v) is 9.16. The fourth-order valence-electron chi connectivity index (χ4n) is 2.58. The second-order valence-electron chi connectivity index (χ2n) is 5.93. The highest BCUT2D eigenvalue weighted by molar-refractivity contribution is 5.33. The van der Waals surface area contributed by atoms with Gasteiger partial charge in [0.1, 0.15) is 12.4 Å². The normalized spacial score (nSPS) is 10.9. The topological polar surface area (TPSA) is 27.7 Å². The van der Waals surface area contributed by atoms with Crippen LogP contribution in [0.25, 0.3) is 0 Å². The van der Waals surface area contributed by atoms with Gasteiger partial charge in [-0.3, -0.25) is 0 Å². The van der Waals surface area contributed by atoms with Crippen molar-refractivity contribution in [2.24, 2.45) is 0 Å². The van der Waals surface area contributed by atoms with Crippen LogP contribution in [0.4, 0.5) is 0 Å². The molecule has 1 aromatic carbocycles. The number of para-hydroxylation sites is 1. The molecule has 0 aromatic heterocycles. The molecule has 1 aromatic rings. The van der Waals surface area contributed by atoms with E-state index in [9.17, 15) is 0 Å². The first-order chi connectivity index (χ1) is 11.4. The van der Waals surface area contributed by atoms with E-state index in [1.54, 1.807) is 7.11 Å². The number of ether oxygens (including phenoxy) is 3. The van der Waals surface area contributed by atoms with Gasteiger partial charge in [0.15, 0.2) is 0 Å². The summed E-state index contributed by atoms with van der Waals surface area (Å²) in [5, 5.41) is 0. The molecule has 0 aliphatic heterocycles. The molecule has 0 atom stereocenters. The third-order valence-corrected chi connectivity index (χ3v) is 3.94. The molecule has 0 fully saturated rings. The van der Waals surface area contributed by atoms with Crippen LogP contribution in [0.1, 0.15) is 57.4 Å². The second-order valence-corrected chi connectivity index (χ2v) is 5.93. The maximum Gasteiger partial charge on any atom is 0.122 e. The number of hydrogen-bond donors (Lipinski definition) is 0. The predicted octanol–water partition coefficient (Wildman–Crippen LogP) is 5.02. The van der Waals surface area contributed by atoms with E-state index in [-0.39, 0.29) is 0 Å². The summed E-state index contributed by atoms with van der Waals surface area (Å²) >= 11 is 0. The molecule has 3 nitrogen and oxygen atoms in total. The van der Waals surface area contributed by atoms with E-state index in [1.165, 1.54) is 50.5 Å². The summed E-state index contributed by atoms with van der Waals surface area (Å²) < 4.78 is 16.2. The number of unbranched alkanes of at least 4 members (excludes halogenated alkanes) is 6. The van der Waals surface area contributed by atoms with Gasteiger partial charge in [0.05, 0.1) is 19.8 Å². The summed E-state index contributed by atoms with van der Waals surface area (Å²) in [5.41, 5.74) is 1.32. The monoisotopic (exact) mass is 322 g/mol. The molecule has 0 unspecified atom stereocenters. The molecule has 0 N–H and O–H groups in total. The fourth-order valence-corrected chi connectivity index (χ4v) is 2.58. The van der Waals surface area contributed by atoms with Crippen molar-refractivity contribution >= 4 is 0 Å². The first-order valence-electron chi connectivity index (χ1n) is 9.16. The molecule has 0 radical (unpaired) electrons. The van der Waals surface area contributed by atoms with Gasteiger partial charge < -0.3 is 14.2 Å². The third kappa shape index (κ3) is 10.4. The van der Waals surface area contributed by atoms with Crippen LogP contribution in [0, 0.1) is 0 Å². The van der Waals surface area contributed by atoms with Crippen LogP contribution in [0.15, 0.2) is 24.3 Å². The molecule has 0 bridgehead atoms. The molecule has 0 heterocycles. The van der Waals surface area contributed by atoms with Gasteiger partial charge in [-0.1, -0.05) is 63.6 Å². The van der Waals surface area contributed by atoms with Gasteiger partial charge in [-0.15, -0.1) is 0 Å². The molecular weight excluding hydrogens is 288 g/mol. The number of rotatable bonds is 15. The minimum Gasteiger partial charge on any atom is -0.491 e. The Balaban J connectivity index is 2.17. The lowest BCUT2D eigenvalue weighted by molar-refractivity contribution is 0.0543. The van der Waals surface area contributed by atoms with Crippen LogP contribution in [0.2, 0.25) is 0 Å². The maximum atomic E-state index is 5.86. The Labute approximate surface area is 142 Å². The van der Waals surface area contributed by atoms with E-state index in [0.717, 1.165) is 12.2 Å². The van der Waals surface area contributed by atoms with E-state index >= 15 is 0 Å². The smallest absolute Gasteiger partial charge is 0.122 e. The molecule has 0 aliphatic carbocycles. The Morgan fingerprint density at radius 3 is 2.26 bits per heavy atom. The Hall–Kier alpha value is -1.06. The zero-order valence-electron chi connectivity index (χ0n) is 15.0. The Morgan fingerprint density at radius 2 is 1.48 bits per heavy atom. The summed E-state index contributed by atoms with van der Waals surface area (Å²) in [4.78, 5) is 0. The first kappa shape index (κ1) is 20.0. The highest BCUT2D eigenvalue weighted by Crippen LogP contribution is 2.20. The van der Waals surface area contributed by atoms with Crippen molar-refractivity contribution in [2.75, 3.05) is 33.5 Å². The summed E-state index contributed by atoms with van der Waals surface area (Å²) in [5.74, 6) is 1.01. The van der Waals surface area contributed by atoms with E-state index in [0.29, 0.717) is 26.4 Å². The lowest BCUT2D eigenvalue weighted by atomic mass is 10.0. The van der Waals surface area contributed by atoms with Gasteiger partial charge in [-0.05, 0) is 24.5 Å². The summed E-state index contributed by atoms with van der Waals surface area (Å²) in [6.45, 7) is 4.72. The minimum atomic E-state index is 0.595. The van der Waals surface area contributed by atoms with Crippen molar-refractivity contribution < 1.29 is 14.2 Å². The molecule has 0 spiro atoms. The molecule has 0 saturated carbocycles. The van der Waals surface area contributed by atoms with Crippen LogP contribution in [0.5, 0.6) is 5.75 Å². The molecule has 3 heteroatoms. The van der Waals surface area contributed by atoms with Gasteiger partial charge in [-0.2, -0.15) is 0 Å². The largest absolute Gasteiger partial charge is 0.491 e. The van der Waals surface area contributed by atoms with Crippen LogP contribution >= 0.6 is 0 Å². The van der Waals surface area contributed by atoms with Crippen molar-refractivity contribution in [2.45, 2.75) is 58.3 Å². The molecular formula is C20H34O3. The zero-order valence-corrected chi connectivity index (χ0v) is 15.0. The number of aryl methyl sites for hydroxylation is 1. The highest BCUT2D eigenvalue weighted by Gasteiger charge is 2.03. The summed E-state index contributed by atoms with van der Waals surface area (Å²) in [7, 11) is 1.68. The highest BCUT2D eigenvalue weighted by atomic mass is 16.5. The molecule has 23 heavy (non-hydrogen) atoms. The average Bonchev–Trinajstić information content (AvgIpc) is 2.58. The van der Waals surface area contributed by atoms with Crippen molar-refractivity contribution in [1.29, 1.82) is 0 Å². The molecule has 1 rings (SSSR count). The quantitative estimate of drug-likeness (QED) is 0.424. The lowest BCUT2D eigenvalue weighted by Crippen LogP contribution is -2.10. The van der Waals surface area contributed by atoms with E-state index in [4.69, 9.17) is 14.2 Å². The van der Waals surface area contributed by atoms with E-state index in [1.807, 2.05) is 6.07 Å². The predicted molar refractivity (Wildman–Crippen MR) is 96.3 cm³/mol. The fraction of sp³-hybridized carbons (Fsp3) is 0.700. The zero-order chi connectivity index (χ0) is 16.6. The minimum absolute atomic E-state index is 0.595. The second kappa shape index (κ2) is 14.5. The third-order valence-electron chi connectivity index (χ3n) is 3.94. The average molecular weight is 322 g/mol. The van der Waals surface area contributed by atoms with E-state index in [2.05, 4.69) is 25.1 Å². The van der Waals surface area contributed by atoms with Crippen LogP contribution in [-0.4, -0.2) is 33.5 Å². The number of methoxy groups -OCH3 is 1. The Kier molecular flexibility index (Phi) is 12.6. The Bertz CT molecular complexity index is 379. The lowest BCUT2D eigenvalue weighted by Gasteiger charge is -2.11. The van der Waals surface area contributed by atoms with Gasteiger partial charge in [-0.25, -0.2) is 0 Å². The van der Waals surface area contributed by atoms with Gasteiger partial charge in [0.25, 0.3) is 0 Å². The van der Waals surface area contributed by atoms with Crippen LogP contribution < -0.4 is 4.74 Å². The molecule has 132 valence electrons. The molecule has 0 saturated heterocycles. The van der Waals surface area contributed by atoms with Crippen molar-refractivity contribution in [3.05, 3.63) is 29.8 Å². The summed E-state index contributed by atoms with van der Waals surface area (Å²) in [6, 6.07) is 8.37. The van der Waals surface area contributed by atoms with Crippen LogP contribution in [0.3, 0.4) is 0 Å². The van der Waals surface area contributed by atoms with Crippen molar-refractivity contribution in [3.63, 3.8) is 0 Å². The standard InChI is InChI=1S/C20H34O3/c1-3-4-5-6-7-8-9-12-19-13-10-11-14-20(19)23-18-17-22-16-15-21-2/h10-11,13-14H,3-9,12,15-18H2,1-2H3. The number of hydrogen-bond acceptors (Lipinski definition) is 3. The van der Waals surface area contributed by atoms with Gasteiger partial charge >= 0.3 is 0 Å². The van der Waals surface area contributed by atoms with Crippen molar-refractivity contribution in [1.82, 2.24) is 0 Å². The van der Waals surface area contributed by atoms with Gasteiger partial charge in [0.2, 0.25) is 0 Å². The summed E-state index contributed by atoms with van der Waals surface area (Å²) in [6.07, 6.45) is 10.5. The SMILES string of the molecule is CCCCCCCCCc1ccccc1OCCOCCOC. The molecule has 0 aliphatic rings. The van der Waals surface area contributed by atoms with E-state index < -0.39 is 0 Å². The number of benzene rings is 1. The van der Waals surface area contributed by atoms with Crippen LogP contribution in [-0.2, 0) is 15.9 Å². The maximum absolute atomic E-state index is 5.86. The Morgan fingerprint density at radius 1 is 0.783 bits per heavy atom. The van der Waals surface area contributed by atoms with Crippen molar-refractivity contribution in [3.8, 4) is 5.75 Å². The molecule has 0 amide bonds.